The van der Waals surface area contributed by atoms with E-state index in [1.54, 1.807) is 0 Å². The van der Waals surface area contributed by atoms with E-state index in [-0.39, 0.29) is 0 Å². The topological polar surface area (TPSA) is 12.4 Å². The zero-order valence-corrected chi connectivity index (χ0v) is 9.17. The van der Waals surface area contributed by atoms with Crippen LogP contribution in [0.3, 0.4) is 0 Å². The van der Waals surface area contributed by atoms with Gasteiger partial charge in [0.15, 0.2) is 0 Å². The van der Waals surface area contributed by atoms with E-state index in [2.05, 4.69) is 35.4 Å². The Hall–Kier alpha value is -0.500. The van der Waals surface area contributed by atoms with Gasteiger partial charge in [-0.25, -0.2) is 4.99 Å². The number of fused-ring (bicyclic) bond motifs is 1. The first-order valence-electron chi connectivity index (χ1n) is 4.47. The molecular weight excluding hydrogens is 198 g/mol. The fraction of sp³-hybridized carbons (Fsp3) is 0.500. The number of rotatable bonds is 1. The highest BCUT2D eigenvalue weighted by Gasteiger charge is 2.21. The second kappa shape index (κ2) is 3.70. The predicted molar refractivity (Wildman–Crippen MR) is 59.8 cm³/mol. The molecule has 68 valence electrons. The van der Waals surface area contributed by atoms with Gasteiger partial charge in [-0.3, -0.25) is 0 Å². The molecule has 1 heterocycles. The smallest absolute Gasteiger partial charge is 0.0863 e. The number of hydrogen-bond acceptors (Lipinski definition) is 3. The van der Waals surface area contributed by atoms with Crippen LogP contribution in [0.25, 0.3) is 0 Å². The molecule has 1 aromatic heterocycles. The number of aliphatic imine (C=N–C) groups is 1. The summed E-state index contributed by atoms with van der Waals surface area (Å²) in [6, 6.07) is 2.55. The van der Waals surface area contributed by atoms with Gasteiger partial charge in [-0.1, -0.05) is 0 Å². The predicted octanol–water partition coefficient (Wildman–Crippen LogP) is 3.54. The average molecular weight is 209 g/mol. The van der Waals surface area contributed by atoms with Crippen LogP contribution in [-0.2, 0) is 6.42 Å². The molecule has 2 rings (SSSR count). The third kappa shape index (κ3) is 1.73. The van der Waals surface area contributed by atoms with Gasteiger partial charge in [-0.2, -0.15) is 0 Å². The van der Waals surface area contributed by atoms with Crippen LogP contribution in [0, 0.1) is 6.92 Å². The Bertz CT molecular complexity index is 361. The molecule has 0 saturated heterocycles. The van der Waals surface area contributed by atoms with Crippen molar-refractivity contribution in [3.05, 3.63) is 21.4 Å². The van der Waals surface area contributed by atoms with E-state index in [1.165, 1.54) is 28.2 Å². The van der Waals surface area contributed by atoms with Crippen molar-refractivity contribution >= 4 is 28.7 Å². The molecule has 3 heteroatoms. The molecule has 1 aliphatic carbocycles. The van der Waals surface area contributed by atoms with Crippen molar-refractivity contribution in [2.24, 2.45) is 4.99 Å². The van der Waals surface area contributed by atoms with Gasteiger partial charge >= 0.3 is 0 Å². The van der Waals surface area contributed by atoms with Crippen molar-refractivity contribution in [3.63, 3.8) is 0 Å². The van der Waals surface area contributed by atoms with Crippen LogP contribution in [0.2, 0.25) is 0 Å². The Kier molecular flexibility index (Phi) is 2.58. The molecule has 0 fully saturated rings. The molecule has 1 nitrogen and oxygen atoms in total. The Morgan fingerprint density at radius 1 is 1.69 bits per heavy atom. The van der Waals surface area contributed by atoms with Crippen LogP contribution in [-0.4, -0.2) is 5.16 Å². The van der Waals surface area contributed by atoms with Gasteiger partial charge < -0.3 is 0 Å². The molecule has 0 aromatic carbocycles. The lowest BCUT2D eigenvalue weighted by atomic mass is 9.94. The molecule has 1 aliphatic rings. The largest absolute Gasteiger partial charge is 0.224 e. The maximum Gasteiger partial charge on any atom is 0.0863 e. The zero-order valence-electron chi connectivity index (χ0n) is 7.54. The SMILES string of the molecule is Cc1cc2c(s1)CCCC2N=C=S. The van der Waals surface area contributed by atoms with E-state index in [9.17, 15) is 0 Å². The first-order chi connectivity index (χ1) is 6.31. The van der Waals surface area contributed by atoms with Gasteiger partial charge in [-0.15, -0.1) is 11.3 Å². The maximum atomic E-state index is 4.66. The first-order valence-corrected chi connectivity index (χ1v) is 5.70. The Morgan fingerprint density at radius 3 is 3.31 bits per heavy atom. The molecule has 0 amide bonds. The number of isothiocyanates is 1. The molecule has 0 spiro atoms. The van der Waals surface area contributed by atoms with Crippen molar-refractivity contribution in [3.8, 4) is 0 Å². The number of thiocarbonyl (C=S) groups is 1. The highest BCUT2D eigenvalue weighted by Crippen LogP contribution is 2.37. The van der Waals surface area contributed by atoms with Crippen LogP contribution < -0.4 is 0 Å². The first kappa shape index (κ1) is 9.07. The summed E-state index contributed by atoms with van der Waals surface area (Å²) in [7, 11) is 0. The fourth-order valence-electron chi connectivity index (χ4n) is 1.87. The van der Waals surface area contributed by atoms with Crippen LogP contribution in [0.4, 0.5) is 0 Å². The average Bonchev–Trinajstić information content (AvgIpc) is 2.47. The lowest BCUT2D eigenvalue weighted by Crippen LogP contribution is -2.04. The highest BCUT2D eigenvalue weighted by atomic mass is 32.1. The summed E-state index contributed by atoms with van der Waals surface area (Å²) in [5, 5.41) is 2.50. The van der Waals surface area contributed by atoms with E-state index in [4.69, 9.17) is 0 Å². The van der Waals surface area contributed by atoms with Crippen LogP contribution >= 0.6 is 23.6 Å². The van der Waals surface area contributed by atoms with Gasteiger partial charge in [0.25, 0.3) is 0 Å². The van der Waals surface area contributed by atoms with Crippen LogP contribution in [0.1, 0.15) is 34.2 Å². The van der Waals surface area contributed by atoms with Crippen molar-refractivity contribution in [2.75, 3.05) is 0 Å². The second-order valence-corrected chi connectivity index (χ2v) is 4.89. The van der Waals surface area contributed by atoms with Crippen LogP contribution in [0.5, 0.6) is 0 Å². The molecule has 13 heavy (non-hydrogen) atoms. The van der Waals surface area contributed by atoms with E-state index in [0.29, 0.717) is 6.04 Å². The lowest BCUT2D eigenvalue weighted by Gasteiger charge is -2.17. The van der Waals surface area contributed by atoms with Gasteiger partial charge in [0.2, 0.25) is 0 Å². The normalized spacial score (nSPS) is 20.5. The highest BCUT2D eigenvalue weighted by molar-refractivity contribution is 7.78. The van der Waals surface area contributed by atoms with E-state index in [1.807, 2.05) is 11.3 Å². The van der Waals surface area contributed by atoms with Gasteiger partial charge in [0.1, 0.15) is 0 Å². The van der Waals surface area contributed by atoms with Crippen LogP contribution in [0.15, 0.2) is 11.1 Å². The van der Waals surface area contributed by atoms with Gasteiger partial charge in [0, 0.05) is 9.75 Å². The minimum Gasteiger partial charge on any atom is -0.224 e. The third-order valence-corrected chi connectivity index (χ3v) is 3.65. The van der Waals surface area contributed by atoms with Crippen molar-refractivity contribution in [2.45, 2.75) is 32.2 Å². The molecular formula is C10H11NS2. The summed E-state index contributed by atoms with van der Waals surface area (Å²) in [5.41, 5.74) is 1.39. The van der Waals surface area contributed by atoms with E-state index >= 15 is 0 Å². The lowest BCUT2D eigenvalue weighted by molar-refractivity contribution is 0.583. The minimum atomic E-state index is 0.297. The summed E-state index contributed by atoms with van der Waals surface area (Å²) < 4.78 is 0. The Morgan fingerprint density at radius 2 is 2.54 bits per heavy atom. The number of hydrogen-bond donors (Lipinski definition) is 0. The molecule has 0 bridgehead atoms. The summed E-state index contributed by atoms with van der Waals surface area (Å²) in [6.07, 6.45) is 3.59. The number of nitrogens with zero attached hydrogens (tertiary/aromatic N) is 1. The quantitative estimate of drug-likeness (QED) is 0.509. The fourth-order valence-corrected chi connectivity index (χ4v) is 3.13. The van der Waals surface area contributed by atoms with E-state index in [0.717, 1.165) is 6.42 Å². The summed E-state index contributed by atoms with van der Waals surface area (Å²) in [6.45, 7) is 2.15. The molecule has 0 saturated carbocycles. The molecule has 0 radical (unpaired) electrons. The summed E-state index contributed by atoms with van der Waals surface area (Å²) in [4.78, 5) is 7.10. The monoisotopic (exact) mass is 209 g/mol. The van der Waals surface area contributed by atoms with Gasteiger partial charge in [-0.05, 0) is 50.0 Å². The summed E-state index contributed by atoms with van der Waals surface area (Å²) >= 11 is 6.55. The Balaban J connectivity index is 2.41. The summed E-state index contributed by atoms with van der Waals surface area (Å²) in [5.74, 6) is 0. The second-order valence-electron chi connectivity index (χ2n) is 3.36. The zero-order chi connectivity index (χ0) is 9.26. The molecule has 1 atom stereocenters. The third-order valence-electron chi connectivity index (χ3n) is 2.41. The number of aryl methyl sites for hydroxylation is 2. The van der Waals surface area contributed by atoms with Crippen molar-refractivity contribution in [1.82, 2.24) is 0 Å². The molecule has 1 aromatic rings. The van der Waals surface area contributed by atoms with Gasteiger partial charge in [0.05, 0.1) is 11.2 Å². The Labute approximate surface area is 87.5 Å². The maximum absolute atomic E-state index is 4.66. The minimum absolute atomic E-state index is 0.297. The molecule has 1 unspecified atom stereocenters. The molecule has 0 N–H and O–H groups in total. The standard InChI is InChI=1S/C10H11NS2/c1-7-5-8-9(11-6-12)3-2-4-10(8)13-7/h5,9H,2-4H2,1H3. The number of thiophene rings is 1. The van der Waals surface area contributed by atoms with Crippen molar-refractivity contribution < 1.29 is 0 Å². The van der Waals surface area contributed by atoms with Crippen molar-refractivity contribution in [1.29, 1.82) is 0 Å². The molecule has 0 aliphatic heterocycles. The van der Waals surface area contributed by atoms with E-state index < -0.39 is 0 Å².